The Morgan fingerprint density at radius 2 is 2.11 bits per heavy atom. The number of hydrogen-bond donors (Lipinski definition) is 2. The number of rotatable bonds is 3. The number of hydrogen-bond acceptors (Lipinski definition) is 4. The molecular weight excluding hydrogens is 232 g/mol. The fourth-order valence-electron chi connectivity index (χ4n) is 1.95. The Kier molecular flexibility index (Phi) is 3.54. The SMILES string of the molecule is CC1(CN)CN(Cc2ccc(O)cc2)C(=O)CO1. The minimum atomic E-state index is -0.467. The van der Waals surface area contributed by atoms with E-state index in [1.807, 2.05) is 6.92 Å². The molecule has 1 aliphatic heterocycles. The Bertz CT molecular complexity index is 432. The molecule has 0 radical (unpaired) electrons. The van der Waals surface area contributed by atoms with Crippen LogP contribution in [0.25, 0.3) is 0 Å². The van der Waals surface area contributed by atoms with Gasteiger partial charge in [0.25, 0.3) is 0 Å². The van der Waals surface area contributed by atoms with Crippen molar-refractivity contribution < 1.29 is 14.6 Å². The molecule has 3 N–H and O–H groups in total. The van der Waals surface area contributed by atoms with Crippen molar-refractivity contribution in [3.8, 4) is 5.75 Å². The molecule has 0 aromatic heterocycles. The standard InChI is InChI=1S/C13H18N2O3/c1-13(8-14)9-15(12(17)7-18-13)6-10-2-4-11(16)5-3-10/h2-5,16H,6-9,14H2,1H3. The minimum Gasteiger partial charge on any atom is -0.508 e. The van der Waals surface area contributed by atoms with Crippen LogP contribution in [0.4, 0.5) is 0 Å². The van der Waals surface area contributed by atoms with E-state index in [1.54, 1.807) is 29.2 Å². The first-order valence-corrected chi connectivity index (χ1v) is 5.92. The molecule has 18 heavy (non-hydrogen) atoms. The Morgan fingerprint density at radius 3 is 2.72 bits per heavy atom. The average molecular weight is 250 g/mol. The lowest BCUT2D eigenvalue weighted by atomic mass is 10.0. The number of phenolic OH excluding ortho intramolecular Hbond substituents is 1. The van der Waals surface area contributed by atoms with Crippen LogP contribution in [-0.4, -0.2) is 41.2 Å². The van der Waals surface area contributed by atoms with Gasteiger partial charge in [0.05, 0.1) is 12.1 Å². The Labute approximate surface area is 106 Å². The van der Waals surface area contributed by atoms with Crippen LogP contribution >= 0.6 is 0 Å². The highest BCUT2D eigenvalue weighted by atomic mass is 16.5. The summed E-state index contributed by atoms with van der Waals surface area (Å²) in [5, 5.41) is 9.22. The lowest BCUT2D eigenvalue weighted by Gasteiger charge is -2.39. The van der Waals surface area contributed by atoms with Crippen LogP contribution in [0.3, 0.4) is 0 Å². The Balaban J connectivity index is 2.07. The lowest BCUT2D eigenvalue weighted by Crippen LogP contribution is -2.56. The third kappa shape index (κ3) is 2.80. The Hall–Kier alpha value is -1.59. The van der Waals surface area contributed by atoms with E-state index in [2.05, 4.69) is 0 Å². The molecule has 1 aliphatic rings. The molecule has 0 saturated carbocycles. The maximum Gasteiger partial charge on any atom is 0.249 e. The second-order valence-electron chi connectivity index (χ2n) is 4.86. The molecule has 1 fully saturated rings. The van der Waals surface area contributed by atoms with Crippen molar-refractivity contribution in [3.05, 3.63) is 29.8 Å². The zero-order valence-electron chi connectivity index (χ0n) is 10.4. The number of morpholine rings is 1. The van der Waals surface area contributed by atoms with E-state index in [0.29, 0.717) is 19.6 Å². The summed E-state index contributed by atoms with van der Waals surface area (Å²) in [4.78, 5) is 13.5. The fraction of sp³-hybridized carbons (Fsp3) is 0.462. The second kappa shape index (κ2) is 4.96. The number of nitrogens with zero attached hydrogens (tertiary/aromatic N) is 1. The minimum absolute atomic E-state index is 0.0333. The van der Waals surface area contributed by atoms with Gasteiger partial charge in [-0.15, -0.1) is 0 Å². The van der Waals surface area contributed by atoms with E-state index in [-0.39, 0.29) is 18.3 Å². The van der Waals surface area contributed by atoms with Crippen LogP contribution in [0.1, 0.15) is 12.5 Å². The number of nitrogens with two attached hydrogens (primary N) is 1. The zero-order valence-corrected chi connectivity index (χ0v) is 10.4. The van der Waals surface area contributed by atoms with Crippen LogP contribution in [0.5, 0.6) is 5.75 Å². The average Bonchev–Trinajstić information content (AvgIpc) is 2.37. The van der Waals surface area contributed by atoms with Crippen molar-refractivity contribution in [2.24, 2.45) is 5.73 Å². The molecule has 1 saturated heterocycles. The van der Waals surface area contributed by atoms with E-state index in [1.165, 1.54) is 0 Å². The van der Waals surface area contributed by atoms with E-state index in [0.717, 1.165) is 5.56 Å². The van der Waals surface area contributed by atoms with Gasteiger partial charge in [-0.3, -0.25) is 4.79 Å². The summed E-state index contributed by atoms with van der Waals surface area (Å²) in [6.07, 6.45) is 0. The van der Waals surface area contributed by atoms with E-state index >= 15 is 0 Å². The molecule has 1 heterocycles. The van der Waals surface area contributed by atoms with Gasteiger partial charge in [-0.25, -0.2) is 0 Å². The maximum atomic E-state index is 11.8. The first-order chi connectivity index (χ1) is 8.52. The molecule has 98 valence electrons. The van der Waals surface area contributed by atoms with Crippen molar-refractivity contribution in [2.75, 3.05) is 19.7 Å². The lowest BCUT2D eigenvalue weighted by molar-refractivity contribution is -0.160. The zero-order chi connectivity index (χ0) is 13.2. The quantitative estimate of drug-likeness (QED) is 0.817. The molecule has 5 nitrogen and oxygen atoms in total. The van der Waals surface area contributed by atoms with Crippen LogP contribution in [-0.2, 0) is 16.1 Å². The number of carbonyl (C=O) groups is 1. The number of ether oxygens (including phenoxy) is 1. The Morgan fingerprint density at radius 1 is 1.44 bits per heavy atom. The van der Waals surface area contributed by atoms with Gasteiger partial charge in [-0.2, -0.15) is 0 Å². The van der Waals surface area contributed by atoms with Crippen molar-refractivity contribution in [1.29, 1.82) is 0 Å². The molecule has 1 aromatic rings. The maximum absolute atomic E-state index is 11.8. The second-order valence-corrected chi connectivity index (χ2v) is 4.86. The number of carbonyl (C=O) groups excluding carboxylic acids is 1. The molecule has 1 aromatic carbocycles. The molecule has 1 unspecified atom stereocenters. The van der Waals surface area contributed by atoms with Crippen LogP contribution in [0.2, 0.25) is 0 Å². The highest BCUT2D eigenvalue weighted by Crippen LogP contribution is 2.20. The van der Waals surface area contributed by atoms with Gasteiger partial charge >= 0.3 is 0 Å². The molecule has 5 heteroatoms. The van der Waals surface area contributed by atoms with Crippen molar-refractivity contribution in [2.45, 2.75) is 19.1 Å². The summed E-state index contributed by atoms with van der Waals surface area (Å²) in [6, 6.07) is 6.83. The summed E-state index contributed by atoms with van der Waals surface area (Å²) in [6.45, 7) is 3.36. The summed E-state index contributed by atoms with van der Waals surface area (Å²) in [5.74, 6) is 0.188. The number of aromatic hydroxyl groups is 1. The van der Waals surface area contributed by atoms with Gasteiger partial charge in [0.2, 0.25) is 5.91 Å². The van der Waals surface area contributed by atoms with Gasteiger partial charge in [0, 0.05) is 13.1 Å². The van der Waals surface area contributed by atoms with E-state index in [9.17, 15) is 9.90 Å². The fourth-order valence-corrected chi connectivity index (χ4v) is 1.95. The first-order valence-electron chi connectivity index (χ1n) is 5.92. The predicted octanol–water partition coefficient (Wildman–Crippen LogP) is 0.468. The van der Waals surface area contributed by atoms with Crippen LogP contribution in [0.15, 0.2) is 24.3 Å². The van der Waals surface area contributed by atoms with Crippen LogP contribution in [0, 0.1) is 0 Å². The van der Waals surface area contributed by atoms with Gasteiger partial charge in [0.1, 0.15) is 12.4 Å². The van der Waals surface area contributed by atoms with E-state index in [4.69, 9.17) is 10.5 Å². The molecular formula is C13H18N2O3. The number of phenols is 1. The predicted molar refractivity (Wildman–Crippen MR) is 66.9 cm³/mol. The summed E-state index contributed by atoms with van der Waals surface area (Å²) < 4.78 is 5.46. The number of benzene rings is 1. The molecule has 0 bridgehead atoms. The summed E-state index contributed by atoms with van der Waals surface area (Å²) >= 11 is 0. The summed E-state index contributed by atoms with van der Waals surface area (Å²) in [5.41, 5.74) is 6.17. The number of amides is 1. The van der Waals surface area contributed by atoms with Gasteiger partial charge in [-0.05, 0) is 24.6 Å². The van der Waals surface area contributed by atoms with Gasteiger partial charge < -0.3 is 20.5 Å². The molecule has 0 spiro atoms. The third-order valence-electron chi connectivity index (χ3n) is 3.16. The van der Waals surface area contributed by atoms with E-state index < -0.39 is 5.60 Å². The molecule has 0 aliphatic carbocycles. The molecule has 1 amide bonds. The topological polar surface area (TPSA) is 75.8 Å². The normalized spacial score (nSPS) is 24.3. The molecule has 2 rings (SSSR count). The monoisotopic (exact) mass is 250 g/mol. The van der Waals surface area contributed by atoms with Crippen molar-refractivity contribution in [1.82, 2.24) is 4.90 Å². The largest absolute Gasteiger partial charge is 0.508 e. The van der Waals surface area contributed by atoms with Crippen molar-refractivity contribution in [3.63, 3.8) is 0 Å². The summed E-state index contributed by atoms with van der Waals surface area (Å²) in [7, 11) is 0. The first kappa shape index (κ1) is 12.9. The highest BCUT2D eigenvalue weighted by molar-refractivity contribution is 5.78. The molecule has 1 atom stereocenters. The van der Waals surface area contributed by atoms with Gasteiger partial charge in [-0.1, -0.05) is 12.1 Å². The smallest absolute Gasteiger partial charge is 0.249 e. The highest BCUT2D eigenvalue weighted by Gasteiger charge is 2.34. The van der Waals surface area contributed by atoms with Crippen LogP contribution < -0.4 is 5.73 Å². The van der Waals surface area contributed by atoms with Crippen molar-refractivity contribution >= 4 is 5.91 Å². The third-order valence-corrected chi connectivity index (χ3v) is 3.16. The van der Waals surface area contributed by atoms with Gasteiger partial charge in [0.15, 0.2) is 0 Å².